The van der Waals surface area contributed by atoms with Crippen molar-refractivity contribution in [1.82, 2.24) is 30.8 Å². The van der Waals surface area contributed by atoms with Crippen molar-refractivity contribution in [3.63, 3.8) is 0 Å². The number of carbonyl (C=O) groups excluding carboxylic acids is 3. The Bertz CT molecular complexity index is 1310. The van der Waals surface area contributed by atoms with E-state index in [2.05, 4.69) is 30.8 Å². The van der Waals surface area contributed by atoms with Crippen molar-refractivity contribution in [2.75, 3.05) is 6.61 Å². The SMILES string of the molecule is CCOC(=O)[C@@H](NC(=O)c1cnc(-c2cccc(-c3n[nH]c(C(=O)NC(C4CC4)C4CC4)n3)c2)o1)C(C)C. The first kappa shape index (κ1) is 25.6. The van der Waals surface area contributed by atoms with E-state index in [1.54, 1.807) is 25.1 Å². The summed E-state index contributed by atoms with van der Waals surface area (Å²) in [6, 6.07) is 6.57. The van der Waals surface area contributed by atoms with Gasteiger partial charge in [-0.1, -0.05) is 26.0 Å². The molecule has 0 saturated heterocycles. The first-order chi connectivity index (χ1) is 18.3. The van der Waals surface area contributed by atoms with E-state index in [9.17, 15) is 14.4 Å². The van der Waals surface area contributed by atoms with Gasteiger partial charge in [0.05, 0.1) is 12.8 Å². The average molecular weight is 521 g/mol. The maximum absolute atomic E-state index is 12.8. The van der Waals surface area contributed by atoms with Gasteiger partial charge in [-0.05, 0) is 62.5 Å². The largest absolute Gasteiger partial charge is 0.464 e. The van der Waals surface area contributed by atoms with Crippen LogP contribution in [0.1, 0.15) is 67.6 Å². The van der Waals surface area contributed by atoms with Crippen LogP contribution >= 0.6 is 0 Å². The quantitative estimate of drug-likeness (QED) is 0.326. The smallest absolute Gasteiger partial charge is 0.328 e. The number of benzene rings is 1. The molecule has 11 heteroatoms. The second-order valence-corrected chi connectivity index (χ2v) is 10.2. The molecule has 0 unspecified atom stereocenters. The monoisotopic (exact) mass is 520 g/mol. The molecular formula is C27H32N6O5. The van der Waals surface area contributed by atoms with Gasteiger partial charge in [-0.2, -0.15) is 5.10 Å². The molecule has 5 rings (SSSR count). The van der Waals surface area contributed by atoms with E-state index in [1.165, 1.54) is 31.9 Å². The van der Waals surface area contributed by atoms with Gasteiger partial charge in [-0.15, -0.1) is 0 Å². The molecule has 0 aliphatic heterocycles. The van der Waals surface area contributed by atoms with E-state index >= 15 is 0 Å². The summed E-state index contributed by atoms with van der Waals surface area (Å²) in [4.78, 5) is 46.3. The van der Waals surface area contributed by atoms with Crippen LogP contribution in [0.4, 0.5) is 0 Å². The van der Waals surface area contributed by atoms with Crippen molar-refractivity contribution in [2.45, 2.75) is 58.5 Å². The van der Waals surface area contributed by atoms with Crippen LogP contribution in [0, 0.1) is 17.8 Å². The highest BCUT2D eigenvalue weighted by atomic mass is 16.5. The number of amides is 2. The fourth-order valence-corrected chi connectivity index (χ4v) is 4.49. The Kier molecular flexibility index (Phi) is 7.26. The average Bonchev–Trinajstić information content (AvgIpc) is 3.83. The fraction of sp³-hybridized carbons (Fsp3) is 0.481. The van der Waals surface area contributed by atoms with Gasteiger partial charge >= 0.3 is 5.97 Å². The molecule has 2 fully saturated rings. The van der Waals surface area contributed by atoms with Gasteiger partial charge in [0.15, 0.2) is 5.82 Å². The Labute approximate surface area is 220 Å². The summed E-state index contributed by atoms with van der Waals surface area (Å²) < 4.78 is 10.8. The zero-order valence-corrected chi connectivity index (χ0v) is 21.7. The number of hydrogen-bond acceptors (Lipinski definition) is 8. The van der Waals surface area contributed by atoms with E-state index < -0.39 is 17.9 Å². The lowest BCUT2D eigenvalue weighted by molar-refractivity contribution is -0.146. The first-order valence-electron chi connectivity index (χ1n) is 13.1. The minimum absolute atomic E-state index is 0.0296. The molecule has 3 aromatic rings. The second kappa shape index (κ2) is 10.8. The van der Waals surface area contributed by atoms with Crippen molar-refractivity contribution in [2.24, 2.45) is 17.8 Å². The molecule has 2 aliphatic rings. The second-order valence-electron chi connectivity index (χ2n) is 10.2. The van der Waals surface area contributed by atoms with Gasteiger partial charge in [0.2, 0.25) is 17.5 Å². The highest BCUT2D eigenvalue weighted by Gasteiger charge is 2.42. The number of nitrogens with one attached hydrogen (secondary N) is 3. The minimum Gasteiger partial charge on any atom is -0.464 e. The number of H-pyrrole nitrogens is 1. The van der Waals surface area contributed by atoms with E-state index in [0.717, 1.165) is 0 Å². The summed E-state index contributed by atoms with van der Waals surface area (Å²) in [5.41, 5.74) is 1.26. The molecule has 1 aromatic carbocycles. The number of nitrogens with zero attached hydrogens (tertiary/aromatic N) is 3. The van der Waals surface area contributed by atoms with E-state index in [4.69, 9.17) is 9.15 Å². The molecule has 1 atom stereocenters. The van der Waals surface area contributed by atoms with Crippen LogP contribution in [0.5, 0.6) is 0 Å². The molecule has 11 nitrogen and oxygen atoms in total. The zero-order valence-electron chi connectivity index (χ0n) is 21.7. The van der Waals surface area contributed by atoms with Gasteiger partial charge < -0.3 is 19.8 Å². The molecule has 38 heavy (non-hydrogen) atoms. The molecule has 2 aromatic heterocycles. The van der Waals surface area contributed by atoms with Crippen LogP contribution in [-0.2, 0) is 9.53 Å². The number of hydrogen-bond donors (Lipinski definition) is 3. The van der Waals surface area contributed by atoms with E-state index in [-0.39, 0.29) is 41.9 Å². The van der Waals surface area contributed by atoms with Crippen LogP contribution in [-0.4, -0.2) is 56.6 Å². The number of oxazole rings is 1. The van der Waals surface area contributed by atoms with Gasteiger partial charge in [-0.3, -0.25) is 14.7 Å². The first-order valence-corrected chi connectivity index (χ1v) is 13.1. The Morgan fingerprint density at radius 1 is 1.08 bits per heavy atom. The van der Waals surface area contributed by atoms with Gasteiger partial charge in [-0.25, -0.2) is 14.8 Å². The van der Waals surface area contributed by atoms with E-state index in [1.807, 2.05) is 19.9 Å². The maximum Gasteiger partial charge on any atom is 0.328 e. The lowest BCUT2D eigenvalue weighted by atomic mass is 10.0. The van der Waals surface area contributed by atoms with Crippen LogP contribution in [0.25, 0.3) is 22.8 Å². The van der Waals surface area contributed by atoms with Gasteiger partial charge in [0.25, 0.3) is 11.8 Å². The van der Waals surface area contributed by atoms with Crippen molar-refractivity contribution >= 4 is 17.8 Å². The fourth-order valence-electron chi connectivity index (χ4n) is 4.49. The summed E-state index contributed by atoms with van der Waals surface area (Å²) in [6.45, 7) is 5.56. The highest BCUT2D eigenvalue weighted by molar-refractivity contribution is 5.94. The Morgan fingerprint density at radius 3 is 2.45 bits per heavy atom. The van der Waals surface area contributed by atoms with Crippen LogP contribution in [0.2, 0.25) is 0 Å². The van der Waals surface area contributed by atoms with Crippen LogP contribution in [0.3, 0.4) is 0 Å². The van der Waals surface area contributed by atoms with Gasteiger partial charge in [0, 0.05) is 17.2 Å². The molecule has 200 valence electrons. The van der Waals surface area contributed by atoms with Crippen molar-refractivity contribution < 1.29 is 23.5 Å². The van der Waals surface area contributed by atoms with Crippen LogP contribution < -0.4 is 10.6 Å². The molecule has 0 bridgehead atoms. The predicted octanol–water partition coefficient (Wildman–Crippen LogP) is 3.36. The standard InChI is InChI=1S/C27H32N6O5/c1-4-37-27(36)20(14(2)3)29-24(34)19-13-28-26(38-19)18-7-5-6-17(12-18)22-31-23(33-32-22)25(35)30-21(15-8-9-15)16-10-11-16/h5-7,12-16,20-21H,4,8-11H2,1-3H3,(H,29,34)(H,30,35)(H,31,32,33)/t20-/m0/s1. The van der Waals surface area contributed by atoms with Crippen molar-refractivity contribution in [3.05, 3.63) is 42.0 Å². The lowest BCUT2D eigenvalue weighted by Gasteiger charge is -2.19. The summed E-state index contributed by atoms with van der Waals surface area (Å²) in [5.74, 6) is 0.425. The Morgan fingerprint density at radius 2 is 1.79 bits per heavy atom. The summed E-state index contributed by atoms with van der Waals surface area (Å²) in [6.07, 6.45) is 5.99. The van der Waals surface area contributed by atoms with Crippen molar-refractivity contribution in [1.29, 1.82) is 0 Å². The maximum atomic E-state index is 12.8. The number of carbonyl (C=O) groups is 3. The predicted molar refractivity (Wildman–Crippen MR) is 137 cm³/mol. The number of ether oxygens (including phenoxy) is 1. The number of rotatable bonds is 11. The van der Waals surface area contributed by atoms with E-state index in [0.29, 0.717) is 28.8 Å². The number of aromatic nitrogens is 4. The lowest BCUT2D eigenvalue weighted by Crippen LogP contribution is -2.45. The molecule has 3 N–H and O–H groups in total. The Balaban J connectivity index is 1.27. The molecule has 0 spiro atoms. The minimum atomic E-state index is -0.805. The van der Waals surface area contributed by atoms with Crippen LogP contribution in [0.15, 0.2) is 34.9 Å². The number of esters is 1. The van der Waals surface area contributed by atoms with Crippen molar-refractivity contribution in [3.8, 4) is 22.8 Å². The summed E-state index contributed by atoms with van der Waals surface area (Å²) >= 11 is 0. The summed E-state index contributed by atoms with van der Waals surface area (Å²) in [7, 11) is 0. The molecule has 2 saturated carbocycles. The zero-order chi connectivity index (χ0) is 26.8. The molecule has 2 amide bonds. The van der Waals surface area contributed by atoms with Gasteiger partial charge in [0.1, 0.15) is 6.04 Å². The number of aromatic amines is 1. The molecule has 2 aliphatic carbocycles. The Hall–Kier alpha value is -4.02. The third-order valence-electron chi connectivity index (χ3n) is 6.85. The molecular weight excluding hydrogens is 488 g/mol. The topological polar surface area (TPSA) is 152 Å². The third kappa shape index (κ3) is 5.76. The molecule has 0 radical (unpaired) electrons. The third-order valence-corrected chi connectivity index (χ3v) is 6.85. The summed E-state index contributed by atoms with van der Waals surface area (Å²) in [5, 5.41) is 12.8. The normalized spacial score (nSPS) is 15.9. The molecule has 2 heterocycles. The highest BCUT2D eigenvalue weighted by Crippen LogP contribution is 2.44.